The van der Waals surface area contributed by atoms with Gasteiger partial charge in [0.1, 0.15) is 17.9 Å². The summed E-state index contributed by atoms with van der Waals surface area (Å²) in [5, 5.41) is 25.1. The van der Waals surface area contributed by atoms with Gasteiger partial charge in [0.25, 0.3) is 17.4 Å². The Hall–Kier alpha value is -3.08. The third-order valence-corrected chi connectivity index (χ3v) is 8.61. The number of halogens is 3. The molecular formula is C24H21F2IN4O6S. The van der Waals surface area contributed by atoms with Gasteiger partial charge in [-0.1, -0.05) is 28.8 Å². The number of carbonyl (C=O) groups excluding carboxylic acids is 2. The van der Waals surface area contributed by atoms with Crippen molar-refractivity contribution in [3.63, 3.8) is 0 Å². The lowest BCUT2D eigenvalue weighted by atomic mass is 10.1. The zero-order chi connectivity index (χ0) is 27.2. The SMILES string of the molecule is C=IC(F)(F)c1ccc(Cn2c3c(c(O)c(C(=O)NCC4(O)CO4)c2=O)CN(C(=O)c2nccs2)C3)cc1. The number of alkyl halides is 3. The molecule has 0 saturated carbocycles. The first kappa shape index (κ1) is 26.5. The fourth-order valence-electron chi connectivity index (χ4n) is 4.11. The third-order valence-electron chi connectivity index (χ3n) is 6.27. The second-order valence-corrected chi connectivity index (χ2v) is 11.8. The fraction of sp³-hybridized carbons (Fsp3) is 0.292. The molecule has 200 valence electrons. The molecule has 0 spiro atoms. The molecule has 1 atom stereocenters. The van der Waals surface area contributed by atoms with E-state index in [-0.39, 0.29) is 48.9 Å². The Kier molecular flexibility index (Phi) is 6.91. The lowest BCUT2D eigenvalue weighted by molar-refractivity contribution is 0.0354. The number of fused-ring (bicyclic) bond motifs is 1. The number of aromatic nitrogens is 2. The number of carbonyl (C=O) groups is 2. The van der Waals surface area contributed by atoms with E-state index in [1.807, 2.05) is 0 Å². The highest BCUT2D eigenvalue weighted by atomic mass is 127. The van der Waals surface area contributed by atoms with E-state index in [2.05, 4.69) is 14.8 Å². The number of benzene rings is 1. The minimum absolute atomic E-state index is 0.0205. The normalized spacial score (nSPS) is 18.3. The molecule has 1 saturated heterocycles. The first-order valence-electron chi connectivity index (χ1n) is 11.2. The summed E-state index contributed by atoms with van der Waals surface area (Å²) in [5.74, 6) is -3.41. The number of ether oxygens (including phenoxy) is 1. The summed E-state index contributed by atoms with van der Waals surface area (Å²) in [5.41, 5.74) is -0.529. The van der Waals surface area contributed by atoms with Crippen molar-refractivity contribution in [2.45, 2.75) is 29.4 Å². The summed E-state index contributed by atoms with van der Waals surface area (Å²) < 4.78 is 34.6. The number of nitrogens with one attached hydrogen (secondary N) is 1. The van der Waals surface area contributed by atoms with Crippen LogP contribution < -0.4 is 10.9 Å². The summed E-state index contributed by atoms with van der Waals surface area (Å²) in [6.45, 7) is -0.480. The van der Waals surface area contributed by atoms with Crippen LogP contribution in [0.1, 0.15) is 42.5 Å². The molecule has 4 heterocycles. The number of nitrogens with zero attached hydrogens (tertiary/aromatic N) is 3. The lowest BCUT2D eigenvalue weighted by Crippen LogP contribution is -2.39. The topological polar surface area (TPSA) is 137 Å². The number of hydrogen-bond acceptors (Lipinski definition) is 8. The minimum atomic E-state index is -2.99. The quantitative estimate of drug-likeness (QED) is 0.192. The van der Waals surface area contributed by atoms with Crippen LogP contribution in [0.2, 0.25) is 0 Å². The molecule has 1 aromatic carbocycles. The van der Waals surface area contributed by atoms with Gasteiger partial charge in [0, 0.05) is 28.4 Å². The maximum Gasteiger partial charge on any atom is 0.316 e. The third kappa shape index (κ3) is 5.00. The summed E-state index contributed by atoms with van der Waals surface area (Å²) in [6, 6.07) is 5.46. The van der Waals surface area contributed by atoms with E-state index in [0.717, 1.165) is 11.3 Å². The van der Waals surface area contributed by atoms with E-state index >= 15 is 0 Å². The molecule has 38 heavy (non-hydrogen) atoms. The van der Waals surface area contributed by atoms with E-state index in [4.69, 9.17) is 4.74 Å². The van der Waals surface area contributed by atoms with E-state index < -0.39 is 59.1 Å². The molecule has 3 aromatic rings. The van der Waals surface area contributed by atoms with Crippen molar-refractivity contribution < 1.29 is 33.3 Å². The van der Waals surface area contributed by atoms with Crippen LogP contribution in [-0.4, -0.2) is 59.9 Å². The molecule has 2 aromatic heterocycles. The molecule has 5 rings (SSSR count). The molecule has 1 unspecified atom stereocenters. The van der Waals surface area contributed by atoms with E-state index in [1.54, 1.807) is 5.38 Å². The van der Waals surface area contributed by atoms with Gasteiger partial charge in [-0.3, -0.25) is 14.4 Å². The average molecular weight is 658 g/mol. The number of epoxide rings is 1. The van der Waals surface area contributed by atoms with Crippen LogP contribution >= 0.6 is 32.1 Å². The van der Waals surface area contributed by atoms with Gasteiger partial charge in [-0.05, 0) is 26.3 Å². The van der Waals surface area contributed by atoms with Crippen LogP contribution in [0.4, 0.5) is 8.78 Å². The molecule has 0 bridgehead atoms. The molecule has 1 fully saturated rings. The summed E-state index contributed by atoms with van der Waals surface area (Å²) in [4.78, 5) is 44.8. The molecule has 2 amide bonds. The van der Waals surface area contributed by atoms with Crippen LogP contribution in [0, 0.1) is 0 Å². The lowest BCUT2D eigenvalue weighted by Gasteiger charge is -2.17. The van der Waals surface area contributed by atoms with Crippen molar-refractivity contribution in [1.29, 1.82) is 0 Å². The number of thiazole rings is 1. The fourth-order valence-corrected chi connectivity index (χ4v) is 5.52. The number of aromatic hydroxyl groups is 1. The molecule has 3 N–H and O–H groups in total. The van der Waals surface area contributed by atoms with Gasteiger partial charge in [-0.25, -0.2) is 4.98 Å². The highest BCUT2D eigenvalue weighted by Crippen LogP contribution is 2.39. The second-order valence-electron chi connectivity index (χ2n) is 8.78. The second kappa shape index (κ2) is 9.91. The summed E-state index contributed by atoms with van der Waals surface area (Å²) in [6.07, 6.45) is 1.48. The molecule has 2 aliphatic rings. The van der Waals surface area contributed by atoms with Crippen LogP contribution in [0.25, 0.3) is 0 Å². The van der Waals surface area contributed by atoms with Crippen molar-refractivity contribution in [2.24, 2.45) is 0 Å². The Morgan fingerprint density at radius 2 is 2.00 bits per heavy atom. The summed E-state index contributed by atoms with van der Waals surface area (Å²) >= 11 is -0.475. The standard InChI is InChI=1S/C24H21F2IN4O6S/c1-27-24(25,26)14-4-2-13(3-5-14)8-31-16-10-30(22(35)20-28-6-7-38-20)9-15(16)18(32)17(21(31)34)19(33)29-11-23(36)12-37-23/h2-7,32,36H,1,8-12H2,(H,29,33). The predicted octanol–water partition coefficient (Wildman–Crippen LogP) is 2.12. The Labute approximate surface area is 228 Å². The Morgan fingerprint density at radius 1 is 1.29 bits per heavy atom. The number of rotatable bonds is 8. The molecule has 2 aliphatic heterocycles. The van der Waals surface area contributed by atoms with Crippen LogP contribution in [0.15, 0.2) is 40.6 Å². The number of amides is 2. The minimum Gasteiger partial charge on any atom is -0.506 e. The van der Waals surface area contributed by atoms with Gasteiger partial charge >= 0.3 is 3.93 Å². The predicted molar refractivity (Wildman–Crippen MR) is 142 cm³/mol. The number of pyridine rings is 1. The van der Waals surface area contributed by atoms with Gasteiger partial charge in [0.15, 0.2) is 5.01 Å². The van der Waals surface area contributed by atoms with Crippen molar-refractivity contribution in [3.8, 4) is 5.75 Å². The molecule has 0 aliphatic carbocycles. The Bertz CT molecular complexity index is 1490. The molecule has 0 radical (unpaired) electrons. The monoisotopic (exact) mass is 658 g/mol. The molecule has 10 nitrogen and oxygen atoms in total. The smallest absolute Gasteiger partial charge is 0.316 e. The summed E-state index contributed by atoms with van der Waals surface area (Å²) in [7, 11) is 0. The van der Waals surface area contributed by atoms with Crippen LogP contribution in [-0.2, 0) is 28.3 Å². The zero-order valence-corrected chi connectivity index (χ0v) is 22.6. The first-order valence-corrected chi connectivity index (χ1v) is 14.7. The van der Waals surface area contributed by atoms with Crippen molar-refractivity contribution in [2.75, 3.05) is 13.2 Å². The maximum absolute atomic E-state index is 14.1. The number of hydrogen-bond donors (Lipinski definition) is 3. The van der Waals surface area contributed by atoms with Gasteiger partial charge in [-0.2, -0.15) is 8.78 Å². The van der Waals surface area contributed by atoms with Crippen molar-refractivity contribution >= 4 is 48.4 Å². The van der Waals surface area contributed by atoms with E-state index in [9.17, 15) is 33.4 Å². The first-order chi connectivity index (χ1) is 18.0. The zero-order valence-electron chi connectivity index (χ0n) is 19.6. The largest absolute Gasteiger partial charge is 0.506 e. The number of aliphatic hydroxyl groups is 1. The maximum atomic E-state index is 14.1. The van der Waals surface area contributed by atoms with Crippen molar-refractivity contribution in [1.82, 2.24) is 19.8 Å². The average Bonchev–Trinajstić information content (AvgIpc) is 3.29. The van der Waals surface area contributed by atoms with E-state index in [1.165, 1.54) is 39.9 Å². The van der Waals surface area contributed by atoms with Crippen molar-refractivity contribution in [3.05, 3.63) is 79.2 Å². The Morgan fingerprint density at radius 3 is 2.61 bits per heavy atom. The van der Waals surface area contributed by atoms with Gasteiger partial charge in [-0.15, -0.1) is 11.3 Å². The van der Waals surface area contributed by atoms with Crippen LogP contribution in [0.3, 0.4) is 0 Å². The van der Waals surface area contributed by atoms with Gasteiger partial charge < -0.3 is 29.7 Å². The van der Waals surface area contributed by atoms with Gasteiger partial charge in [0.05, 0.1) is 26.2 Å². The highest BCUT2D eigenvalue weighted by molar-refractivity contribution is 14.2. The van der Waals surface area contributed by atoms with E-state index in [0.29, 0.717) is 11.3 Å². The molecular weight excluding hydrogens is 637 g/mol. The highest BCUT2D eigenvalue weighted by Gasteiger charge is 2.43. The molecule has 14 heteroatoms. The van der Waals surface area contributed by atoms with Gasteiger partial charge in [0.2, 0.25) is 5.79 Å². The Balaban J connectivity index is 1.53. The van der Waals surface area contributed by atoms with Crippen LogP contribution in [0.5, 0.6) is 5.75 Å².